The number of ether oxygens (including phenoxy) is 1. The van der Waals surface area contributed by atoms with Crippen LogP contribution < -0.4 is 9.22 Å². The van der Waals surface area contributed by atoms with Crippen LogP contribution in [0.15, 0.2) is 54.6 Å². The Morgan fingerprint density at radius 1 is 1.00 bits per heavy atom. The zero-order valence-corrected chi connectivity index (χ0v) is 14.4. The predicted molar refractivity (Wildman–Crippen MR) is 96.9 cm³/mol. The topological polar surface area (TPSA) is 29.5 Å². The molecule has 1 N–H and O–H groups in total. The van der Waals surface area contributed by atoms with Gasteiger partial charge in [0.25, 0.3) is 0 Å². The summed E-state index contributed by atoms with van der Waals surface area (Å²) >= 11 is 0. The van der Waals surface area contributed by atoms with Gasteiger partial charge < -0.3 is 9.84 Å². The third-order valence-corrected chi connectivity index (χ3v) is 4.51. The smallest absolute Gasteiger partial charge is 0.137 e. The van der Waals surface area contributed by atoms with Gasteiger partial charge in [-0.3, -0.25) is 4.48 Å². The van der Waals surface area contributed by atoms with E-state index in [1.165, 1.54) is 11.3 Å². The van der Waals surface area contributed by atoms with Gasteiger partial charge in [0.05, 0.1) is 13.1 Å². The van der Waals surface area contributed by atoms with E-state index in [0.29, 0.717) is 13.2 Å². The van der Waals surface area contributed by atoms with Crippen LogP contribution in [-0.4, -0.2) is 37.5 Å². The highest BCUT2D eigenvalue weighted by Crippen LogP contribution is 2.24. The number of aryl methyl sites for hydroxylation is 1. The largest absolute Gasteiger partial charge is 0.491 e. The second-order valence-electron chi connectivity index (χ2n) is 6.08. The zero-order chi connectivity index (χ0) is 16.7. The minimum atomic E-state index is -0.504. The maximum absolute atomic E-state index is 10.5. The molecule has 0 saturated heterocycles. The molecule has 3 heteroatoms. The summed E-state index contributed by atoms with van der Waals surface area (Å²) in [6, 6.07) is 18.2. The monoisotopic (exact) mass is 314 g/mol. The Bertz CT molecular complexity index is 594. The molecular formula is C20H28NO2+. The first-order valence-electron chi connectivity index (χ1n) is 8.39. The highest BCUT2D eigenvalue weighted by Gasteiger charge is 2.30. The third kappa shape index (κ3) is 4.57. The van der Waals surface area contributed by atoms with Crippen LogP contribution in [0.25, 0.3) is 0 Å². The van der Waals surface area contributed by atoms with Crippen molar-refractivity contribution in [2.45, 2.75) is 26.9 Å². The average molecular weight is 314 g/mol. The molecule has 0 spiro atoms. The molecule has 0 aromatic heterocycles. The number of hydrogen-bond donors (Lipinski definition) is 1. The molecule has 0 fully saturated rings. The maximum atomic E-state index is 10.5. The molecule has 124 valence electrons. The van der Waals surface area contributed by atoms with E-state index in [2.05, 4.69) is 45.0 Å². The molecule has 2 aromatic rings. The molecule has 2 aromatic carbocycles. The second-order valence-corrected chi connectivity index (χ2v) is 6.08. The van der Waals surface area contributed by atoms with Crippen molar-refractivity contribution in [1.82, 2.24) is 4.48 Å². The van der Waals surface area contributed by atoms with Crippen molar-refractivity contribution in [3.63, 3.8) is 0 Å². The molecule has 0 radical (unpaired) electrons. The summed E-state index contributed by atoms with van der Waals surface area (Å²) in [5, 5.41) is 10.5. The summed E-state index contributed by atoms with van der Waals surface area (Å²) in [6.07, 6.45) is -0.504. The average Bonchev–Trinajstić information content (AvgIpc) is 2.59. The fourth-order valence-corrected chi connectivity index (χ4v) is 3.04. The Kier molecular flexibility index (Phi) is 6.20. The van der Waals surface area contributed by atoms with Gasteiger partial charge in [-0.2, -0.15) is 0 Å². The fourth-order valence-electron chi connectivity index (χ4n) is 3.04. The zero-order valence-electron chi connectivity index (χ0n) is 14.4. The molecule has 0 aliphatic carbocycles. The van der Waals surface area contributed by atoms with Crippen molar-refractivity contribution in [1.29, 1.82) is 0 Å². The lowest BCUT2D eigenvalue weighted by Gasteiger charge is -2.38. The normalized spacial score (nSPS) is 12.9. The van der Waals surface area contributed by atoms with Gasteiger partial charge in [-0.15, -0.1) is 0 Å². The molecule has 23 heavy (non-hydrogen) atoms. The van der Waals surface area contributed by atoms with E-state index in [-0.39, 0.29) is 0 Å². The number of rotatable bonds is 8. The lowest BCUT2D eigenvalue weighted by Crippen LogP contribution is -2.54. The summed E-state index contributed by atoms with van der Waals surface area (Å²) < 4.78 is 6.47. The van der Waals surface area contributed by atoms with E-state index in [1.807, 2.05) is 30.3 Å². The highest BCUT2D eigenvalue weighted by atomic mass is 16.5. The van der Waals surface area contributed by atoms with Crippen molar-refractivity contribution in [2.75, 3.05) is 26.2 Å². The van der Waals surface area contributed by atoms with Crippen LogP contribution in [0.2, 0.25) is 0 Å². The number of nitrogens with zero attached hydrogens (tertiary/aromatic N) is 1. The first kappa shape index (κ1) is 17.5. The number of likely N-dealkylation sites (N-methyl/N-ethyl adjacent to an activating group) is 1. The van der Waals surface area contributed by atoms with Gasteiger partial charge in [-0.05, 0) is 44.5 Å². The van der Waals surface area contributed by atoms with Crippen LogP contribution in [0.4, 0.5) is 5.69 Å². The van der Waals surface area contributed by atoms with E-state index in [1.54, 1.807) is 0 Å². The van der Waals surface area contributed by atoms with Gasteiger partial charge >= 0.3 is 0 Å². The van der Waals surface area contributed by atoms with Crippen LogP contribution in [0.1, 0.15) is 19.4 Å². The highest BCUT2D eigenvalue weighted by molar-refractivity contribution is 5.45. The summed E-state index contributed by atoms with van der Waals surface area (Å²) in [7, 11) is 0. The number of benzene rings is 2. The minimum Gasteiger partial charge on any atom is -0.491 e. The van der Waals surface area contributed by atoms with Crippen molar-refractivity contribution < 1.29 is 9.84 Å². The molecular weight excluding hydrogens is 286 g/mol. The van der Waals surface area contributed by atoms with E-state index in [0.717, 1.165) is 23.3 Å². The molecule has 0 aliphatic rings. The van der Waals surface area contributed by atoms with E-state index in [4.69, 9.17) is 4.74 Å². The molecule has 1 atom stereocenters. The van der Waals surface area contributed by atoms with Crippen molar-refractivity contribution >= 4 is 5.69 Å². The van der Waals surface area contributed by atoms with Crippen molar-refractivity contribution in [3.8, 4) is 5.75 Å². The van der Waals surface area contributed by atoms with Gasteiger partial charge in [0.2, 0.25) is 0 Å². The lowest BCUT2D eigenvalue weighted by atomic mass is 10.1. The Morgan fingerprint density at radius 3 is 2.30 bits per heavy atom. The molecule has 0 heterocycles. The summed E-state index contributed by atoms with van der Waals surface area (Å²) in [5.41, 5.74) is 2.51. The predicted octanol–water partition coefficient (Wildman–Crippen LogP) is 3.78. The number of quaternary nitrogens is 1. The number of para-hydroxylation sites is 1. The summed E-state index contributed by atoms with van der Waals surface area (Å²) in [5.74, 6) is 0.799. The van der Waals surface area contributed by atoms with Crippen LogP contribution in [0, 0.1) is 6.92 Å². The fraction of sp³-hybridized carbons (Fsp3) is 0.400. The Balaban J connectivity index is 2.06. The Labute approximate surface area is 139 Å². The molecule has 0 bridgehead atoms. The number of hydrogen-bond acceptors (Lipinski definition) is 2. The van der Waals surface area contributed by atoms with Gasteiger partial charge in [0.1, 0.15) is 30.7 Å². The third-order valence-electron chi connectivity index (χ3n) is 4.51. The van der Waals surface area contributed by atoms with E-state index >= 15 is 0 Å². The molecule has 3 nitrogen and oxygen atoms in total. The minimum absolute atomic E-state index is 0.315. The SMILES string of the molecule is CC[N+](CC)(CC(O)COc1ccccc1)c1cccc(C)c1. The van der Waals surface area contributed by atoms with Crippen LogP contribution in [0.3, 0.4) is 0 Å². The summed E-state index contributed by atoms with van der Waals surface area (Å²) in [4.78, 5) is 0. The maximum Gasteiger partial charge on any atom is 0.137 e. The molecule has 0 amide bonds. The van der Waals surface area contributed by atoms with Gasteiger partial charge in [0.15, 0.2) is 0 Å². The molecule has 2 rings (SSSR count). The molecule has 0 saturated carbocycles. The van der Waals surface area contributed by atoms with Gasteiger partial charge in [-0.1, -0.05) is 30.3 Å². The van der Waals surface area contributed by atoms with E-state index < -0.39 is 6.10 Å². The molecule has 0 aliphatic heterocycles. The number of aliphatic hydroxyl groups excluding tert-OH is 1. The van der Waals surface area contributed by atoms with Crippen LogP contribution >= 0.6 is 0 Å². The first-order valence-corrected chi connectivity index (χ1v) is 8.39. The van der Waals surface area contributed by atoms with Gasteiger partial charge in [-0.25, -0.2) is 0 Å². The van der Waals surface area contributed by atoms with Crippen molar-refractivity contribution in [2.24, 2.45) is 0 Å². The van der Waals surface area contributed by atoms with Crippen molar-refractivity contribution in [3.05, 3.63) is 60.2 Å². The van der Waals surface area contributed by atoms with E-state index in [9.17, 15) is 5.11 Å². The second kappa shape index (κ2) is 8.14. The first-order chi connectivity index (χ1) is 11.1. The Morgan fingerprint density at radius 2 is 1.70 bits per heavy atom. The van der Waals surface area contributed by atoms with Crippen LogP contribution in [-0.2, 0) is 0 Å². The molecule has 1 unspecified atom stereocenters. The van der Waals surface area contributed by atoms with Gasteiger partial charge in [0, 0.05) is 6.07 Å². The standard InChI is InChI=1S/C20H28NO2/c1-4-21(5-2,18-11-9-10-17(3)14-18)15-19(22)16-23-20-12-7-6-8-13-20/h6-14,19,22H,4-5,15-16H2,1-3H3/q+1. The summed E-state index contributed by atoms with van der Waals surface area (Å²) in [6.45, 7) is 9.33. The number of aliphatic hydroxyl groups is 1. The quantitative estimate of drug-likeness (QED) is 0.751. The Hall–Kier alpha value is -1.84. The lowest BCUT2D eigenvalue weighted by molar-refractivity contribution is 0.0731. The van der Waals surface area contributed by atoms with Crippen LogP contribution in [0.5, 0.6) is 5.75 Å².